The van der Waals surface area contributed by atoms with Crippen molar-refractivity contribution in [2.45, 2.75) is 31.5 Å². The van der Waals surface area contributed by atoms with E-state index in [0.717, 1.165) is 0 Å². The van der Waals surface area contributed by atoms with Gasteiger partial charge in [-0.3, -0.25) is 0 Å². The van der Waals surface area contributed by atoms with Crippen LogP contribution in [0.5, 0.6) is 0 Å². The monoisotopic (exact) mass is 407 g/mol. The minimum absolute atomic E-state index is 0. The molecule has 0 spiro atoms. The molecule has 0 radical (unpaired) electrons. The third kappa shape index (κ3) is 5.23. The highest BCUT2D eigenvalue weighted by molar-refractivity contribution is 8.93. The lowest BCUT2D eigenvalue weighted by molar-refractivity contribution is -0.138. The number of anilines is 1. The third-order valence-electron chi connectivity index (χ3n) is 3.59. The number of hydrogen-bond acceptors (Lipinski definition) is 3. The van der Waals surface area contributed by atoms with Crippen LogP contribution in [0.4, 0.5) is 32.2 Å². The summed E-state index contributed by atoms with van der Waals surface area (Å²) in [7, 11) is 0. The van der Waals surface area contributed by atoms with Crippen LogP contribution < -0.4 is 10.6 Å². The lowest BCUT2D eigenvalue weighted by atomic mass is 9.90. The van der Waals surface area contributed by atoms with E-state index in [4.69, 9.17) is 0 Å². The lowest BCUT2D eigenvalue weighted by Gasteiger charge is -2.35. The SMILES string of the molecule is Br.C[C@@H]1CC(F)(F)CN[C@@H]1CNc1ncc(C(F)(F)F)cc1F. The zero-order chi connectivity index (χ0) is 16.5. The van der Waals surface area contributed by atoms with Crippen LogP contribution in [-0.4, -0.2) is 30.0 Å². The Morgan fingerprint density at radius 2 is 2.04 bits per heavy atom. The van der Waals surface area contributed by atoms with Crippen molar-refractivity contribution in [1.29, 1.82) is 0 Å². The standard InChI is InChI=1S/C13H15F6N3.BrH/c1-7-3-12(15,16)6-22-10(7)5-21-11-9(14)2-8(4-20-11)13(17,18)19;/h2,4,7,10,22H,3,5-6H2,1H3,(H,20,21);1H/t7-,10-;/m1./s1. The Kier molecular flexibility index (Phi) is 6.31. The molecule has 3 nitrogen and oxygen atoms in total. The second-order valence-electron chi connectivity index (χ2n) is 5.46. The maximum absolute atomic E-state index is 13.6. The maximum Gasteiger partial charge on any atom is 0.417 e. The Labute approximate surface area is 139 Å². The van der Waals surface area contributed by atoms with E-state index in [1.807, 2.05) is 0 Å². The minimum atomic E-state index is -4.67. The Balaban J connectivity index is 0.00000264. The molecule has 0 aromatic carbocycles. The molecule has 0 amide bonds. The Morgan fingerprint density at radius 3 is 2.57 bits per heavy atom. The summed E-state index contributed by atoms with van der Waals surface area (Å²) in [6.45, 7) is 1.24. The molecule has 23 heavy (non-hydrogen) atoms. The zero-order valence-electron chi connectivity index (χ0n) is 12.1. The van der Waals surface area contributed by atoms with Crippen molar-refractivity contribution in [3.05, 3.63) is 23.6 Å². The molecular formula is C13H16BrF6N3. The molecule has 2 rings (SSSR count). The Bertz CT molecular complexity index is 537. The number of hydrogen-bond donors (Lipinski definition) is 2. The summed E-state index contributed by atoms with van der Waals surface area (Å²) in [5.41, 5.74) is -1.18. The molecule has 1 aliphatic rings. The fourth-order valence-electron chi connectivity index (χ4n) is 2.37. The van der Waals surface area contributed by atoms with Gasteiger partial charge in [-0.25, -0.2) is 18.2 Å². The smallest absolute Gasteiger partial charge is 0.366 e. The number of rotatable bonds is 3. The first-order valence-electron chi connectivity index (χ1n) is 6.66. The Hall–Kier alpha value is -1.03. The third-order valence-corrected chi connectivity index (χ3v) is 3.59. The number of halogens is 7. The molecule has 2 atom stereocenters. The molecule has 10 heteroatoms. The van der Waals surface area contributed by atoms with Gasteiger partial charge in [0.15, 0.2) is 11.6 Å². The summed E-state index contributed by atoms with van der Waals surface area (Å²) in [5.74, 6) is -4.62. The fourth-order valence-corrected chi connectivity index (χ4v) is 2.37. The van der Waals surface area contributed by atoms with Crippen LogP contribution in [0.3, 0.4) is 0 Å². The molecule has 2 heterocycles. The van der Waals surface area contributed by atoms with E-state index in [-0.39, 0.29) is 47.7 Å². The largest absolute Gasteiger partial charge is 0.417 e. The van der Waals surface area contributed by atoms with Crippen molar-refractivity contribution in [3.63, 3.8) is 0 Å². The van der Waals surface area contributed by atoms with Crippen LogP contribution in [0.1, 0.15) is 18.9 Å². The Morgan fingerprint density at radius 1 is 1.39 bits per heavy atom. The normalized spacial score (nSPS) is 24.0. The van der Waals surface area contributed by atoms with E-state index in [2.05, 4.69) is 15.6 Å². The van der Waals surface area contributed by atoms with Crippen molar-refractivity contribution in [1.82, 2.24) is 10.3 Å². The van der Waals surface area contributed by atoms with Crippen molar-refractivity contribution in [3.8, 4) is 0 Å². The van der Waals surface area contributed by atoms with Gasteiger partial charge in [-0.1, -0.05) is 6.92 Å². The molecule has 1 aromatic heterocycles. The van der Waals surface area contributed by atoms with Gasteiger partial charge < -0.3 is 10.6 Å². The van der Waals surface area contributed by atoms with Crippen LogP contribution in [0.15, 0.2) is 12.3 Å². The van der Waals surface area contributed by atoms with Gasteiger partial charge in [0, 0.05) is 25.2 Å². The molecule has 1 saturated heterocycles. The number of nitrogens with zero attached hydrogens (tertiary/aromatic N) is 1. The quantitative estimate of drug-likeness (QED) is 0.747. The van der Waals surface area contributed by atoms with Crippen LogP contribution in [0.25, 0.3) is 0 Å². The highest BCUT2D eigenvalue weighted by atomic mass is 79.9. The predicted octanol–water partition coefficient (Wildman–Crippen LogP) is 3.86. The van der Waals surface area contributed by atoms with E-state index in [1.165, 1.54) is 0 Å². The van der Waals surface area contributed by atoms with E-state index in [1.54, 1.807) is 6.92 Å². The highest BCUT2D eigenvalue weighted by Gasteiger charge is 2.39. The molecular weight excluding hydrogens is 392 g/mol. The molecule has 2 N–H and O–H groups in total. The molecule has 0 aliphatic carbocycles. The van der Waals surface area contributed by atoms with E-state index >= 15 is 0 Å². The van der Waals surface area contributed by atoms with E-state index in [9.17, 15) is 26.3 Å². The van der Waals surface area contributed by atoms with Crippen molar-refractivity contribution >= 4 is 22.8 Å². The van der Waals surface area contributed by atoms with E-state index in [0.29, 0.717) is 12.3 Å². The van der Waals surface area contributed by atoms with Crippen LogP contribution in [0, 0.1) is 11.7 Å². The molecule has 0 unspecified atom stereocenters. The summed E-state index contributed by atoms with van der Waals surface area (Å²) in [6.07, 6.45) is -4.44. The van der Waals surface area contributed by atoms with Crippen molar-refractivity contribution in [2.75, 3.05) is 18.4 Å². The number of alkyl halides is 5. The van der Waals surface area contributed by atoms with Gasteiger partial charge in [0.1, 0.15) is 0 Å². The molecule has 1 fully saturated rings. The van der Waals surface area contributed by atoms with Crippen molar-refractivity contribution in [2.24, 2.45) is 5.92 Å². The predicted molar refractivity (Wildman–Crippen MR) is 78.5 cm³/mol. The van der Waals surface area contributed by atoms with Gasteiger partial charge in [-0.05, 0) is 12.0 Å². The van der Waals surface area contributed by atoms with Crippen LogP contribution in [0.2, 0.25) is 0 Å². The van der Waals surface area contributed by atoms with Crippen LogP contribution in [-0.2, 0) is 6.18 Å². The molecule has 0 saturated carbocycles. The van der Waals surface area contributed by atoms with Gasteiger partial charge in [0.05, 0.1) is 12.1 Å². The fraction of sp³-hybridized carbons (Fsp3) is 0.615. The number of aromatic nitrogens is 1. The van der Waals surface area contributed by atoms with Gasteiger partial charge >= 0.3 is 6.18 Å². The molecule has 132 valence electrons. The minimum Gasteiger partial charge on any atom is -0.366 e. The first-order chi connectivity index (χ1) is 10.1. The molecule has 1 aromatic rings. The van der Waals surface area contributed by atoms with Gasteiger partial charge in [-0.2, -0.15) is 13.2 Å². The zero-order valence-corrected chi connectivity index (χ0v) is 13.8. The number of nitrogens with one attached hydrogen (secondary N) is 2. The average Bonchev–Trinajstić information content (AvgIpc) is 2.37. The topological polar surface area (TPSA) is 37.0 Å². The van der Waals surface area contributed by atoms with Gasteiger partial charge in [-0.15, -0.1) is 17.0 Å². The van der Waals surface area contributed by atoms with Crippen molar-refractivity contribution < 1.29 is 26.3 Å². The average molecular weight is 408 g/mol. The molecule has 0 bridgehead atoms. The molecule has 1 aliphatic heterocycles. The first kappa shape index (κ1) is 20.0. The first-order valence-corrected chi connectivity index (χ1v) is 6.66. The number of piperidine rings is 1. The van der Waals surface area contributed by atoms with Gasteiger partial charge in [0.2, 0.25) is 0 Å². The lowest BCUT2D eigenvalue weighted by Crippen LogP contribution is -2.52. The highest BCUT2D eigenvalue weighted by Crippen LogP contribution is 2.31. The second-order valence-corrected chi connectivity index (χ2v) is 5.46. The summed E-state index contributed by atoms with van der Waals surface area (Å²) in [6, 6.07) is 0.00409. The summed E-state index contributed by atoms with van der Waals surface area (Å²) in [5, 5.41) is 5.20. The number of pyridine rings is 1. The summed E-state index contributed by atoms with van der Waals surface area (Å²) < 4.78 is 77.1. The summed E-state index contributed by atoms with van der Waals surface area (Å²) >= 11 is 0. The van der Waals surface area contributed by atoms with E-state index < -0.39 is 30.0 Å². The van der Waals surface area contributed by atoms with Gasteiger partial charge in [0.25, 0.3) is 5.92 Å². The summed E-state index contributed by atoms with van der Waals surface area (Å²) in [4.78, 5) is 3.40. The second kappa shape index (κ2) is 7.25. The van der Waals surface area contributed by atoms with Crippen LogP contribution >= 0.6 is 17.0 Å². The maximum atomic E-state index is 13.6.